The zero-order chi connectivity index (χ0) is 17.9. The lowest BCUT2D eigenvalue weighted by atomic mass is 9.98. The molecule has 0 N–H and O–H groups in total. The molecule has 8 heteroatoms. The summed E-state index contributed by atoms with van der Waals surface area (Å²) in [6.45, 7) is 0.448. The Labute approximate surface area is 142 Å². The molecule has 0 radical (unpaired) electrons. The average molecular weight is 354 g/mol. The van der Waals surface area contributed by atoms with Crippen LogP contribution >= 0.6 is 0 Å². The van der Waals surface area contributed by atoms with Crippen LogP contribution < -0.4 is 0 Å². The van der Waals surface area contributed by atoms with Crippen molar-refractivity contribution in [2.45, 2.75) is 17.7 Å². The van der Waals surface area contributed by atoms with Gasteiger partial charge in [0.2, 0.25) is 15.9 Å². The number of amides is 1. The van der Waals surface area contributed by atoms with Crippen molar-refractivity contribution in [2.24, 2.45) is 5.92 Å². The summed E-state index contributed by atoms with van der Waals surface area (Å²) in [4.78, 5) is 25.4. The van der Waals surface area contributed by atoms with E-state index in [0.29, 0.717) is 19.4 Å². The van der Waals surface area contributed by atoms with Crippen LogP contribution in [0.15, 0.2) is 29.2 Å². The Bertz CT molecular complexity index is 730. The van der Waals surface area contributed by atoms with Gasteiger partial charge in [0.25, 0.3) is 0 Å². The van der Waals surface area contributed by atoms with Crippen LogP contribution in [0.4, 0.5) is 0 Å². The number of carbonyl (C=O) groups excluding carboxylic acids is 2. The van der Waals surface area contributed by atoms with Gasteiger partial charge in [0.15, 0.2) is 0 Å². The van der Waals surface area contributed by atoms with E-state index < -0.39 is 16.0 Å². The van der Waals surface area contributed by atoms with Crippen LogP contribution in [0.1, 0.15) is 23.2 Å². The van der Waals surface area contributed by atoms with Gasteiger partial charge in [-0.1, -0.05) is 12.1 Å². The van der Waals surface area contributed by atoms with Gasteiger partial charge in [-0.2, -0.15) is 4.31 Å². The van der Waals surface area contributed by atoms with Gasteiger partial charge in [0, 0.05) is 27.2 Å². The molecule has 1 aliphatic rings. The monoisotopic (exact) mass is 354 g/mol. The molecule has 1 aliphatic heterocycles. The van der Waals surface area contributed by atoms with Crippen molar-refractivity contribution in [1.82, 2.24) is 9.21 Å². The average Bonchev–Trinajstić information content (AvgIpc) is 2.60. The number of esters is 1. The van der Waals surface area contributed by atoms with E-state index in [4.69, 9.17) is 0 Å². The molecule has 0 aliphatic carbocycles. The largest absolute Gasteiger partial charge is 0.465 e. The summed E-state index contributed by atoms with van der Waals surface area (Å²) >= 11 is 0. The number of rotatable bonds is 4. The van der Waals surface area contributed by atoms with Crippen LogP contribution in [0, 0.1) is 5.92 Å². The lowest BCUT2D eigenvalue weighted by Crippen LogP contribution is -2.45. The highest BCUT2D eigenvalue weighted by atomic mass is 32.2. The molecule has 1 fully saturated rings. The lowest BCUT2D eigenvalue weighted by Gasteiger charge is -2.32. The number of piperidine rings is 1. The lowest BCUT2D eigenvalue weighted by molar-refractivity contribution is -0.134. The van der Waals surface area contributed by atoms with E-state index in [1.165, 1.54) is 28.4 Å². The second-order valence-electron chi connectivity index (χ2n) is 5.92. The number of carbonyl (C=O) groups is 2. The molecule has 2 rings (SSSR count). The molecule has 24 heavy (non-hydrogen) atoms. The highest BCUT2D eigenvalue weighted by Crippen LogP contribution is 2.26. The first-order valence-corrected chi connectivity index (χ1v) is 9.11. The van der Waals surface area contributed by atoms with E-state index in [0.717, 1.165) is 0 Å². The molecule has 0 spiro atoms. The molecule has 1 aromatic rings. The summed E-state index contributed by atoms with van der Waals surface area (Å²) in [6.07, 6.45) is 1.26. The van der Waals surface area contributed by atoms with E-state index in [1.807, 2.05) is 0 Å². The Morgan fingerprint density at radius 2 is 1.92 bits per heavy atom. The summed E-state index contributed by atoms with van der Waals surface area (Å²) in [7, 11) is 0.639. The first-order chi connectivity index (χ1) is 11.3. The maximum absolute atomic E-state index is 13.0. The highest BCUT2D eigenvalue weighted by molar-refractivity contribution is 7.89. The molecule has 0 bridgehead atoms. The van der Waals surface area contributed by atoms with Crippen molar-refractivity contribution in [2.75, 3.05) is 34.3 Å². The number of hydrogen-bond donors (Lipinski definition) is 0. The SMILES string of the molecule is COC(=O)c1ccccc1S(=O)(=O)N1CCC[C@H](C(=O)N(C)C)C1. The Kier molecular flexibility index (Phi) is 5.61. The summed E-state index contributed by atoms with van der Waals surface area (Å²) < 4.78 is 31.9. The number of sulfonamides is 1. The summed E-state index contributed by atoms with van der Waals surface area (Å²) in [5.41, 5.74) is 0.000981. The van der Waals surface area contributed by atoms with E-state index >= 15 is 0 Å². The number of benzene rings is 1. The Hall–Kier alpha value is -1.93. The molecule has 1 amide bonds. The molecule has 1 heterocycles. The minimum atomic E-state index is -3.88. The van der Waals surface area contributed by atoms with E-state index in [-0.39, 0.29) is 28.8 Å². The maximum atomic E-state index is 13.0. The summed E-state index contributed by atoms with van der Waals surface area (Å²) in [6, 6.07) is 5.95. The maximum Gasteiger partial charge on any atom is 0.339 e. The first kappa shape index (κ1) is 18.4. The third-order valence-electron chi connectivity index (χ3n) is 4.08. The Balaban J connectivity index is 2.34. The smallest absolute Gasteiger partial charge is 0.339 e. The van der Waals surface area contributed by atoms with Crippen molar-refractivity contribution in [3.63, 3.8) is 0 Å². The molecule has 1 atom stereocenters. The van der Waals surface area contributed by atoms with Crippen molar-refractivity contribution in [3.05, 3.63) is 29.8 Å². The molecule has 0 saturated carbocycles. The highest BCUT2D eigenvalue weighted by Gasteiger charge is 2.35. The first-order valence-electron chi connectivity index (χ1n) is 7.67. The number of hydrogen-bond acceptors (Lipinski definition) is 5. The Morgan fingerprint density at radius 1 is 1.25 bits per heavy atom. The predicted molar refractivity (Wildman–Crippen MR) is 88.0 cm³/mol. The van der Waals surface area contributed by atoms with Gasteiger partial charge in [0.05, 0.1) is 23.5 Å². The standard InChI is InChI=1S/C16H22N2O5S/c1-17(2)15(19)12-7-6-10-18(11-12)24(21,22)14-9-5-4-8-13(14)16(20)23-3/h4-5,8-9,12H,6-7,10-11H2,1-3H3/t12-/m0/s1. The van der Waals surface area contributed by atoms with Gasteiger partial charge in [0.1, 0.15) is 0 Å². The fraction of sp³-hybridized carbons (Fsp3) is 0.500. The summed E-state index contributed by atoms with van der Waals surface area (Å²) in [5, 5.41) is 0. The van der Waals surface area contributed by atoms with Crippen molar-refractivity contribution in [3.8, 4) is 0 Å². The number of methoxy groups -OCH3 is 1. The molecule has 1 aromatic carbocycles. The zero-order valence-corrected chi connectivity index (χ0v) is 14.9. The van der Waals surface area contributed by atoms with Crippen LogP contribution in [-0.2, 0) is 19.6 Å². The van der Waals surface area contributed by atoms with Gasteiger partial charge in [-0.25, -0.2) is 13.2 Å². The molecular weight excluding hydrogens is 332 g/mol. The fourth-order valence-electron chi connectivity index (χ4n) is 2.84. The molecule has 132 valence electrons. The topological polar surface area (TPSA) is 84.0 Å². The van der Waals surface area contributed by atoms with Crippen LogP contribution in [0.25, 0.3) is 0 Å². The van der Waals surface area contributed by atoms with Gasteiger partial charge in [-0.15, -0.1) is 0 Å². The van der Waals surface area contributed by atoms with Crippen LogP contribution in [-0.4, -0.2) is 63.8 Å². The van der Waals surface area contributed by atoms with Gasteiger partial charge >= 0.3 is 5.97 Å². The summed E-state index contributed by atoms with van der Waals surface area (Å²) in [5.74, 6) is -1.16. The predicted octanol–water partition coefficient (Wildman–Crippen LogP) is 0.962. The Morgan fingerprint density at radius 3 is 2.54 bits per heavy atom. The molecular formula is C16H22N2O5S. The van der Waals surface area contributed by atoms with Gasteiger partial charge in [-0.3, -0.25) is 4.79 Å². The van der Waals surface area contributed by atoms with Crippen LogP contribution in [0.5, 0.6) is 0 Å². The third-order valence-corrected chi connectivity index (χ3v) is 6.01. The molecule has 7 nitrogen and oxygen atoms in total. The molecule has 1 saturated heterocycles. The number of ether oxygens (including phenoxy) is 1. The van der Waals surface area contributed by atoms with Crippen LogP contribution in [0.2, 0.25) is 0 Å². The second kappa shape index (κ2) is 7.31. The van der Waals surface area contributed by atoms with Crippen molar-refractivity contribution in [1.29, 1.82) is 0 Å². The normalized spacial score (nSPS) is 18.9. The van der Waals surface area contributed by atoms with Crippen LogP contribution in [0.3, 0.4) is 0 Å². The van der Waals surface area contributed by atoms with Crippen molar-refractivity contribution >= 4 is 21.9 Å². The second-order valence-corrected chi connectivity index (χ2v) is 7.83. The van der Waals surface area contributed by atoms with E-state index in [1.54, 1.807) is 26.2 Å². The van der Waals surface area contributed by atoms with Gasteiger partial charge < -0.3 is 9.64 Å². The molecule has 0 aromatic heterocycles. The minimum Gasteiger partial charge on any atom is -0.465 e. The van der Waals surface area contributed by atoms with E-state index in [9.17, 15) is 18.0 Å². The van der Waals surface area contributed by atoms with Crippen molar-refractivity contribution < 1.29 is 22.7 Å². The third kappa shape index (κ3) is 3.59. The molecule has 0 unspecified atom stereocenters. The minimum absolute atomic E-state index is 0.000981. The van der Waals surface area contributed by atoms with Gasteiger partial charge in [-0.05, 0) is 25.0 Å². The quantitative estimate of drug-likeness (QED) is 0.752. The van der Waals surface area contributed by atoms with E-state index in [2.05, 4.69) is 4.74 Å². The zero-order valence-electron chi connectivity index (χ0n) is 14.1. The fourth-order valence-corrected chi connectivity index (χ4v) is 4.54. The number of nitrogens with zero attached hydrogens (tertiary/aromatic N) is 2.